The van der Waals surface area contributed by atoms with Crippen LogP contribution in [0, 0.1) is 11.3 Å². The molecule has 2 aromatic rings. The fraction of sp³-hybridized carbons (Fsp3) is 0.409. The monoisotopic (exact) mass is 431 g/mol. The Bertz CT molecular complexity index is 982. The van der Waals surface area contributed by atoms with Gasteiger partial charge in [-0.2, -0.15) is 18.4 Å². The first-order valence-corrected chi connectivity index (χ1v) is 9.89. The van der Waals surface area contributed by atoms with E-state index >= 15 is 0 Å². The van der Waals surface area contributed by atoms with Crippen LogP contribution in [0.25, 0.3) is 0 Å². The van der Waals surface area contributed by atoms with Gasteiger partial charge in [-0.1, -0.05) is 12.1 Å². The molecule has 2 amide bonds. The minimum absolute atomic E-state index is 0.113. The molecule has 0 radical (unpaired) electrons. The molecule has 2 heterocycles. The third kappa shape index (κ3) is 4.90. The van der Waals surface area contributed by atoms with Crippen LogP contribution >= 0.6 is 0 Å². The molecule has 164 valence electrons. The Morgan fingerprint density at radius 1 is 1.19 bits per heavy atom. The molecule has 0 spiro atoms. The molecular weight excluding hydrogens is 407 g/mol. The van der Waals surface area contributed by atoms with Gasteiger partial charge in [0.25, 0.3) is 0 Å². The van der Waals surface area contributed by atoms with Crippen LogP contribution in [-0.2, 0) is 11.6 Å². The summed E-state index contributed by atoms with van der Waals surface area (Å²) in [6.07, 6.45) is -3.15. The molecule has 6 nitrogen and oxygen atoms in total. The zero-order chi connectivity index (χ0) is 22.8. The Morgan fingerprint density at radius 3 is 2.45 bits per heavy atom. The number of hydrogen-bond acceptors (Lipinski definition) is 4. The Kier molecular flexibility index (Phi) is 6.11. The van der Waals surface area contributed by atoms with Gasteiger partial charge in [0.05, 0.1) is 17.0 Å². The quantitative estimate of drug-likeness (QED) is 0.768. The zero-order valence-corrected chi connectivity index (χ0v) is 17.6. The van der Waals surface area contributed by atoms with Gasteiger partial charge in [0.2, 0.25) is 0 Å². The summed E-state index contributed by atoms with van der Waals surface area (Å²) in [4.78, 5) is 19.8. The first kappa shape index (κ1) is 22.4. The number of nitriles is 1. The number of anilines is 2. The summed E-state index contributed by atoms with van der Waals surface area (Å²) >= 11 is 0. The number of amides is 2. The van der Waals surface area contributed by atoms with Gasteiger partial charge in [0, 0.05) is 37.6 Å². The molecule has 1 atom stereocenters. The van der Waals surface area contributed by atoms with Crippen molar-refractivity contribution in [2.75, 3.05) is 29.9 Å². The van der Waals surface area contributed by atoms with E-state index in [9.17, 15) is 23.2 Å². The number of aromatic nitrogens is 1. The molecule has 0 bridgehead atoms. The first-order valence-electron chi connectivity index (χ1n) is 9.89. The highest BCUT2D eigenvalue weighted by Gasteiger charge is 2.37. The minimum Gasteiger partial charge on any atom is -0.352 e. The van der Waals surface area contributed by atoms with Crippen LogP contribution in [-0.4, -0.2) is 41.6 Å². The molecule has 3 rings (SSSR count). The predicted molar refractivity (Wildman–Crippen MR) is 112 cm³/mol. The van der Waals surface area contributed by atoms with E-state index < -0.39 is 17.2 Å². The number of rotatable bonds is 3. The molecule has 1 aliphatic rings. The van der Waals surface area contributed by atoms with E-state index in [0.717, 1.165) is 11.6 Å². The molecule has 0 saturated carbocycles. The second-order valence-electron chi connectivity index (χ2n) is 8.11. The number of nitrogens with zero attached hydrogens (tertiary/aromatic N) is 4. The van der Waals surface area contributed by atoms with Crippen molar-refractivity contribution in [1.82, 2.24) is 9.88 Å². The average molecular weight is 431 g/mol. The standard InChI is InChI=1S/C22H24F3N5O/c1-15-13-29(19-18(22(23,24)25)5-4-10-27-19)11-12-30(15)20(31)28-17-8-6-16(7-9-17)21(2,3)14-26/h4-10,15H,11-13H2,1-3H3,(H,28,31). The summed E-state index contributed by atoms with van der Waals surface area (Å²) in [6, 6.07) is 10.9. The van der Waals surface area contributed by atoms with Crippen LogP contribution in [0.5, 0.6) is 0 Å². The van der Waals surface area contributed by atoms with Crippen LogP contribution in [0.15, 0.2) is 42.6 Å². The number of halogens is 3. The van der Waals surface area contributed by atoms with Crippen LogP contribution in [0.3, 0.4) is 0 Å². The number of alkyl halides is 3. The number of nitrogens with one attached hydrogen (secondary N) is 1. The SMILES string of the molecule is CC1CN(c2ncccc2C(F)(F)F)CCN1C(=O)Nc1ccc(C(C)(C)C#N)cc1. The lowest BCUT2D eigenvalue weighted by molar-refractivity contribution is -0.137. The molecule has 1 aliphatic heterocycles. The molecule has 1 saturated heterocycles. The molecule has 1 unspecified atom stereocenters. The molecule has 1 aromatic heterocycles. The van der Waals surface area contributed by atoms with Gasteiger partial charge in [0.15, 0.2) is 0 Å². The van der Waals surface area contributed by atoms with Gasteiger partial charge in [-0.15, -0.1) is 0 Å². The van der Waals surface area contributed by atoms with E-state index in [2.05, 4.69) is 16.4 Å². The topological polar surface area (TPSA) is 72.3 Å². The van der Waals surface area contributed by atoms with Crippen molar-refractivity contribution in [3.8, 4) is 6.07 Å². The lowest BCUT2D eigenvalue weighted by atomic mass is 9.86. The number of carbonyl (C=O) groups excluding carboxylic acids is 1. The second-order valence-corrected chi connectivity index (χ2v) is 8.11. The highest BCUT2D eigenvalue weighted by molar-refractivity contribution is 5.89. The maximum atomic E-state index is 13.3. The summed E-state index contributed by atoms with van der Waals surface area (Å²) in [5, 5.41) is 12.0. The Morgan fingerprint density at radius 2 is 1.87 bits per heavy atom. The van der Waals surface area contributed by atoms with E-state index in [1.165, 1.54) is 12.3 Å². The average Bonchev–Trinajstić information content (AvgIpc) is 2.73. The van der Waals surface area contributed by atoms with Crippen molar-refractivity contribution in [2.45, 2.75) is 38.4 Å². The zero-order valence-electron chi connectivity index (χ0n) is 17.6. The van der Waals surface area contributed by atoms with Crippen molar-refractivity contribution < 1.29 is 18.0 Å². The van der Waals surface area contributed by atoms with Crippen molar-refractivity contribution in [1.29, 1.82) is 5.26 Å². The Hall–Kier alpha value is -3.28. The van der Waals surface area contributed by atoms with Crippen molar-refractivity contribution in [3.63, 3.8) is 0 Å². The van der Waals surface area contributed by atoms with E-state index in [0.29, 0.717) is 5.69 Å². The van der Waals surface area contributed by atoms with Crippen LogP contribution in [0.4, 0.5) is 29.5 Å². The van der Waals surface area contributed by atoms with Gasteiger partial charge in [-0.25, -0.2) is 9.78 Å². The van der Waals surface area contributed by atoms with Crippen molar-refractivity contribution >= 4 is 17.5 Å². The molecule has 31 heavy (non-hydrogen) atoms. The van der Waals surface area contributed by atoms with E-state index in [1.807, 2.05) is 13.8 Å². The lowest BCUT2D eigenvalue weighted by Gasteiger charge is -2.40. The van der Waals surface area contributed by atoms with E-state index in [-0.39, 0.29) is 37.5 Å². The molecule has 0 aliphatic carbocycles. The minimum atomic E-state index is -4.49. The molecular formula is C22H24F3N5O. The number of benzene rings is 1. The van der Waals surface area contributed by atoms with Gasteiger partial charge >= 0.3 is 12.2 Å². The number of piperazine rings is 1. The van der Waals surface area contributed by atoms with Crippen LogP contribution in [0.1, 0.15) is 31.9 Å². The third-order valence-electron chi connectivity index (χ3n) is 5.42. The summed E-state index contributed by atoms with van der Waals surface area (Å²) in [5.74, 6) is -0.113. The van der Waals surface area contributed by atoms with Crippen LogP contribution in [0.2, 0.25) is 0 Å². The highest BCUT2D eigenvalue weighted by Crippen LogP contribution is 2.35. The van der Waals surface area contributed by atoms with Gasteiger partial charge < -0.3 is 15.1 Å². The number of urea groups is 1. The molecule has 9 heteroatoms. The maximum absolute atomic E-state index is 13.3. The van der Waals surface area contributed by atoms with Gasteiger partial charge in [-0.05, 0) is 50.6 Å². The first-order chi connectivity index (χ1) is 14.5. The fourth-order valence-electron chi connectivity index (χ4n) is 3.55. The summed E-state index contributed by atoms with van der Waals surface area (Å²) in [7, 11) is 0. The second kappa shape index (κ2) is 8.46. The van der Waals surface area contributed by atoms with Gasteiger partial charge in [-0.3, -0.25) is 0 Å². The number of pyridine rings is 1. The van der Waals surface area contributed by atoms with Crippen molar-refractivity contribution in [2.24, 2.45) is 0 Å². The predicted octanol–water partition coefficient (Wildman–Crippen LogP) is 4.64. The van der Waals surface area contributed by atoms with E-state index in [4.69, 9.17) is 0 Å². The smallest absolute Gasteiger partial charge is 0.352 e. The molecule has 1 N–H and O–H groups in total. The van der Waals surface area contributed by atoms with Gasteiger partial charge in [0.1, 0.15) is 5.82 Å². The highest BCUT2D eigenvalue weighted by atomic mass is 19.4. The Balaban J connectivity index is 1.67. The summed E-state index contributed by atoms with van der Waals surface area (Å²) in [5.41, 5.74) is 0.0150. The molecule has 1 aromatic carbocycles. The Labute approximate surface area is 179 Å². The maximum Gasteiger partial charge on any atom is 0.419 e. The van der Waals surface area contributed by atoms with Crippen LogP contribution < -0.4 is 10.2 Å². The number of hydrogen-bond donors (Lipinski definition) is 1. The third-order valence-corrected chi connectivity index (χ3v) is 5.42. The van der Waals surface area contributed by atoms with Crippen molar-refractivity contribution in [3.05, 3.63) is 53.7 Å². The molecule has 1 fully saturated rings. The summed E-state index contributed by atoms with van der Waals surface area (Å²) in [6.45, 7) is 6.16. The largest absolute Gasteiger partial charge is 0.419 e. The fourth-order valence-corrected chi connectivity index (χ4v) is 3.55. The van der Waals surface area contributed by atoms with E-state index in [1.54, 1.807) is 41.0 Å². The lowest BCUT2D eigenvalue weighted by Crippen LogP contribution is -2.55. The summed E-state index contributed by atoms with van der Waals surface area (Å²) < 4.78 is 39.9. The normalized spacial score (nSPS) is 17.3. The number of carbonyl (C=O) groups is 1.